The number of benzene rings is 2. The van der Waals surface area contributed by atoms with Crippen molar-refractivity contribution >= 4 is 15.5 Å². The quantitative estimate of drug-likeness (QED) is 0.214. The molecule has 0 spiro atoms. The molecule has 0 amide bonds. The van der Waals surface area contributed by atoms with E-state index in [2.05, 4.69) is 16.9 Å². The molecule has 0 radical (unpaired) electrons. The average Bonchev–Trinajstić information content (AvgIpc) is 3.24. The van der Waals surface area contributed by atoms with Gasteiger partial charge in [-0.3, -0.25) is 4.79 Å². The number of nitrogens with zero attached hydrogens (tertiary/aromatic N) is 4. The van der Waals surface area contributed by atoms with Crippen molar-refractivity contribution in [3.63, 3.8) is 0 Å². The molecular weight excluding hydrogens is 538 g/mol. The molecule has 2 aromatic carbocycles. The van der Waals surface area contributed by atoms with Crippen LogP contribution < -0.4 is 10.3 Å². The van der Waals surface area contributed by atoms with E-state index < -0.39 is 10.0 Å². The lowest BCUT2D eigenvalue weighted by Crippen LogP contribution is -2.37. The van der Waals surface area contributed by atoms with Crippen LogP contribution in [0.1, 0.15) is 71.0 Å². The molecule has 0 saturated carbocycles. The van der Waals surface area contributed by atoms with Gasteiger partial charge in [-0.1, -0.05) is 70.9 Å². The molecule has 0 saturated heterocycles. The predicted octanol–water partition coefficient (Wildman–Crippen LogP) is 5.76. The highest BCUT2D eigenvalue weighted by Crippen LogP contribution is 2.33. The Morgan fingerprint density at radius 1 is 1.05 bits per heavy atom. The van der Waals surface area contributed by atoms with E-state index in [1.54, 1.807) is 29.6 Å². The molecule has 0 aliphatic rings. The molecule has 4 rings (SSSR count). The second-order valence-electron chi connectivity index (χ2n) is 11.5. The predicted molar refractivity (Wildman–Crippen MR) is 162 cm³/mol. The van der Waals surface area contributed by atoms with Crippen LogP contribution in [0.2, 0.25) is 0 Å². The molecule has 220 valence electrons. The number of hydrogen-bond acceptors (Lipinski definition) is 6. The lowest BCUT2D eigenvalue weighted by molar-refractivity contribution is 0.277. The number of aryl methyl sites for hydroxylation is 2. The molecule has 0 atom stereocenters. The van der Waals surface area contributed by atoms with E-state index in [9.17, 15) is 13.2 Å². The maximum Gasteiger partial charge on any atom is 0.277 e. The standard InChI is InChI=1S/C31H41N5O4S/c1-7-9-11-16-27-32-22(3)28-30(37)33-29(34-36(27)28)25-19-24(17-18-26(25)40-8-2)41(38,39)35(21-31(4,5)6)20-23-14-12-10-13-15-23/h10,12-15,17-19H,7-9,11,16,20-21H2,1-6H3,(H,33,34,37). The largest absolute Gasteiger partial charge is 0.493 e. The van der Waals surface area contributed by atoms with Gasteiger partial charge in [0, 0.05) is 19.5 Å². The number of unbranched alkanes of at least 4 members (excludes halogenated alkanes) is 2. The minimum absolute atomic E-state index is 0.101. The number of ether oxygens (including phenoxy) is 1. The van der Waals surface area contributed by atoms with Crippen molar-refractivity contribution in [1.82, 2.24) is 23.9 Å². The van der Waals surface area contributed by atoms with Crippen LogP contribution in [-0.4, -0.2) is 45.5 Å². The fourth-order valence-electron chi connectivity index (χ4n) is 4.88. The van der Waals surface area contributed by atoms with Crippen molar-refractivity contribution in [3.8, 4) is 17.1 Å². The second-order valence-corrected chi connectivity index (χ2v) is 13.5. The fraction of sp³-hybridized carbons (Fsp3) is 0.452. The lowest BCUT2D eigenvalue weighted by atomic mass is 9.97. The van der Waals surface area contributed by atoms with E-state index in [-0.39, 0.29) is 28.2 Å². The van der Waals surface area contributed by atoms with Gasteiger partial charge in [-0.05, 0) is 49.4 Å². The molecule has 0 bridgehead atoms. The summed E-state index contributed by atoms with van der Waals surface area (Å²) >= 11 is 0. The van der Waals surface area contributed by atoms with Gasteiger partial charge in [0.1, 0.15) is 11.6 Å². The van der Waals surface area contributed by atoms with E-state index in [0.29, 0.717) is 47.9 Å². The van der Waals surface area contributed by atoms with E-state index in [4.69, 9.17) is 9.84 Å². The highest BCUT2D eigenvalue weighted by molar-refractivity contribution is 7.89. The van der Waals surface area contributed by atoms with Gasteiger partial charge >= 0.3 is 0 Å². The molecule has 41 heavy (non-hydrogen) atoms. The van der Waals surface area contributed by atoms with Gasteiger partial charge in [-0.2, -0.15) is 4.31 Å². The Bertz CT molecular complexity index is 1650. The lowest BCUT2D eigenvalue weighted by Gasteiger charge is -2.29. The van der Waals surface area contributed by atoms with Crippen molar-refractivity contribution in [2.75, 3.05) is 13.2 Å². The van der Waals surface area contributed by atoms with Crippen molar-refractivity contribution < 1.29 is 13.2 Å². The highest BCUT2D eigenvalue weighted by atomic mass is 32.2. The first-order valence-electron chi connectivity index (χ1n) is 14.2. The van der Waals surface area contributed by atoms with Gasteiger partial charge in [-0.15, -0.1) is 5.10 Å². The normalized spacial score (nSPS) is 12.4. The molecule has 4 aromatic rings. The first-order chi connectivity index (χ1) is 19.4. The van der Waals surface area contributed by atoms with E-state index in [1.165, 1.54) is 4.31 Å². The summed E-state index contributed by atoms with van der Waals surface area (Å²) in [5, 5.41) is 4.75. The first kappa shape index (κ1) is 30.5. The van der Waals surface area contributed by atoms with Crippen LogP contribution in [0.25, 0.3) is 16.9 Å². The summed E-state index contributed by atoms with van der Waals surface area (Å²) in [6.07, 6.45) is 3.73. The number of aromatic amines is 1. The summed E-state index contributed by atoms with van der Waals surface area (Å²) in [6, 6.07) is 14.3. The van der Waals surface area contributed by atoms with E-state index in [0.717, 1.165) is 24.8 Å². The van der Waals surface area contributed by atoms with Gasteiger partial charge in [0.15, 0.2) is 11.3 Å². The molecular formula is C31H41N5O4S. The Balaban J connectivity index is 1.84. The van der Waals surface area contributed by atoms with Crippen LogP contribution in [0.15, 0.2) is 58.2 Å². The summed E-state index contributed by atoms with van der Waals surface area (Å²) in [4.78, 5) is 20.8. The third kappa shape index (κ3) is 7.05. The van der Waals surface area contributed by atoms with Gasteiger partial charge < -0.3 is 9.72 Å². The smallest absolute Gasteiger partial charge is 0.277 e. The molecule has 9 nitrogen and oxygen atoms in total. The monoisotopic (exact) mass is 579 g/mol. The number of H-pyrrole nitrogens is 1. The maximum absolute atomic E-state index is 14.1. The Kier molecular flexibility index (Phi) is 9.34. The fourth-order valence-corrected chi connectivity index (χ4v) is 6.56. The van der Waals surface area contributed by atoms with Gasteiger partial charge in [0.2, 0.25) is 10.0 Å². The van der Waals surface area contributed by atoms with Crippen molar-refractivity contribution in [2.45, 2.75) is 78.7 Å². The SMILES string of the molecule is CCCCCc1nc(C)c2c(=O)[nH]c(-c3cc(S(=O)(=O)N(Cc4ccccc4)CC(C)(C)C)ccc3OCC)nn12. The minimum Gasteiger partial charge on any atom is -0.493 e. The molecule has 2 aromatic heterocycles. The number of sulfonamides is 1. The molecule has 0 unspecified atom stereocenters. The Labute approximate surface area is 242 Å². The van der Waals surface area contributed by atoms with E-state index >= 15 is 0 Å². The van der Waals surface area contributed by atoms with Crippen LogP contribution in [0.3, 0.4) is 0 Å². The zero-order chi connectivity index (χ0) is 29.8. The summed E-state index contributed by atoms with van der Waals surface area (Å²) < 4.78 is 37.2. The average molecular weight is 580 g/mol. The van der Waals surface area contributed by atoms with Gasteiger partial charge in [-0.25, -0.2) is 17.9 Å². The van der Waals surface area contributed by atoms with Crippen LogP contribution in [-0.2, 0) is 23.0 Å². The number of rotatable bonds is 12. The Morgan fingerprint density at radius 2 is 1.78 bits per heavy atom. The molecule has 0 fully saturated rings. The summed E-state index contributed by atoms with van der Waals surface area (Å²) in [7, 11) is -3.93. The minimum atomic E-state index is -3.93. The zero-order valence-corrected chi connectivity index (χ0v) is 25.7. The summed E-state index contributed by atoms with van der Waals surface area (Å²) in [6.45, 7) is 12.7. The topological polar surface area (TPSA) is 110 Å². The van der Waals surface area contributed by atoms with Crippen LogP contribution >= 0.6 is 0 Å². The maximum atomic E-state index is 14.1. The molecule has 0 aliphatic heterocycles. The van der Waals surface area contributed by atoms with Crippen LogP contribution in [0.4, 0.5) is 0 Å². The second kappa shape index (κ2) is 12.6. The summed E-state index contributed by atoms with van der Waals surface area (Å²) in [5.74, 6) is 1.37. The molecule has 10 heteroatoms. The number of nitrogens with one attached hydrogen (secondary N) is 1. The van der Waals surface area contributed by atoms with Crippen molar-refractivity contribution in [1.29, 1.82) is 0 Å². The van der Waals surface area contributed by atoms with E-state index in [1.807, 2.05) is 58.0 Å². The highest BCUT2D eigenvalue weighted by Gasteiger charge is 2.30. The Hall–Kier alpha value is -3.50. The first-order valence-corrected chi connectivity index (χ1v) is 15.7. The van der Waals surface area contributed by atoms with Crippen molar-refractivity contribution in [3.05, 3.63) is 76.0 Å². The van der Waals surface area contributed by atoms with Gasteiger partial charge in [0.25, 0.3) is 5.56 Å². The van der Waals surface area contributed by atoms with Gasteiger partial charge in [0.05, 0.1) is 22.8 Å². The Morgan fingerprint density at radius 3 is 2.44 bits per heavy atom. The van der Waals surface area contributed by atoms with Crippen molar-refractivity contribution in [2.24, 2.45) is 5.41 Å². The third-order valence-corrected chi connectivity index (χ3v) is 8.53. The number of fused-ring (bicyclic) bond motifs is 1. The molecule has 1 N–H and O–H groups in total. The third-order valence-electron chi connectivity index (χ3n) is 6.74. The number of imidazole rings is 1. The summed E-state index contributed by atoms with van der Waals surface area (Å²) in [5.41, 5.74) is 1.68. The molecule has 2 heterocycles. The number of aromatic nitrogens is 4. The molecule has 0 aliphatic carbocycles. The van der Waals surface area contributed by atoms with Crippen LogP contribution in [0.5, 0.6) is 5.75 Å². The zero-order valence-electron chi connectivity index (χ0n) is 24.9. The van der Waals surface area contributed by atoms with Crippen LogP contribution in [0, 0.1) is 12.3 Å². The number of hydrogen-bond donors (Lipinski definition) is 1.